The Bertz CT molecular complexity index is 809. The van der Waals surface area contributed by atoms with Crippen LogP contribution in [-0.4, -0.2) is 35.1 Å². The van der Waals surface area contributed by atoms with Gasteiger partial charge < -0.3 is 15.4 Å². The Morgan fingerprint density at radius 1 is 1.40 bits per heavy atom. The number of nitriles is 1. The average molecular weight is 337 g/mol. The summed E-state index contributed by atoms with van der Waals surface area (Å²) in [6, 6.07) is 10.8. The van der Waals surface area contributed by atoms with Crippen LogP contribution in [0.5, 0.6) is 0 Å². The zero-order valence-electron chi connectivity index (χ0n) is 14.0. The highest BCUT2D eigenvalue weighted by Gasteiger charge is 2.18. The monoisotopic (exact) mass is 337 g/mol. The van der Waals surface area contributed by atoms with Crippen LogP contribution in [0.3, 0.4) is 0 Å². The predicted molar refractivity (Wildman–Crippen MR) is 92.5 cm³/mol. The van der Waals surface area contributed by atoms with Gasteiger partial charge in [-0.3, -0.25) is 4.79 Å². The predicted octanol–water partition coefficient (Wildman–Crippen LogP) is 2.31. The molecule has 0 aliphatic carbocycles. The first-order valence-electron chi connectivity index (χ1n) is 8.17. The maximum Gasteiger partial charge on any atom is 0.270 e. The minimum absolute atomic E-state index is 0.0759. The molecule has 1 saturated heterocycles. The van der Waals surface area contributed by atoms with Crippen molar-refractivity contribution in [3.63, 3.8) is 0 Å². The van der Waals surface area contributed by atoms with Crippen LogP contribution in [0.2, 0.25) is 0 Å². The Labute approximate surface area is 146 Å². The summed E-state index contributed by atoms with van der Waals surface area (Å²) in [5.74, 6) is 0.0163. The van der Waals surface area contributed by atoms with E-state index in [0.717, 1.165) is 19.4 Å². The van der Waals surface area contributed by atoms with Gasteiger partial charge >= 0.3 is 0 Å². The van der Waals surface area contributed by atoms with Crippen LogP contribution in [0.4, 0.5) is 11.6 Å². The van der Waals surface area contributed by atoms with Crippen molar-refractivity contribution in [2.75, 3.05) is 18.5 Å². The molecule has 7 nitrogen and oxygen atoms in total. The Kier molecular flexibility index (Phi) is 5.21. The first-order valence-corrected chi connectivity index (χ1v) is 8.17. The van der Waals surface area contributed by atoms with Gasteiger partial charge in [0.05, 0.1) is 17.4 Å². The number of aromatic nitrogens is 2. The largest absolute Gasteiger partial charge is 0.376 e. The SMILES string of the molecule is Cc1cc(C(=O)NCC2CCCO2)nc(Nc2ccccc2C#N)n1. The maximum atomic E-state index is 12.3. The molecule has 3 rings (SSSR count). The summed E-state index contributed by atoms with van der Waals surface area (Å²) in [6.07, 6.45) is 2.06. The zero-order valence-corrected chi connectivity index (χ0v) is 14.0. The molecule has 128 valence electrons. The quantitative estimate of drug-likeness (QED) is 0.868. The van der Waals surface area contributed by atoms with Gasteiger partial charge in [0.25, 0.3) is 5.91 Å². The molecule has 0 bridgehead atoms. The number of hydrogen-bond donors (Lipinski definition) is 2. The van der Waals surface area contributed by atoms with Crippen LogP contribution in [0.15, 0.2) is 30.3 Å². The Morgan fingerprint density at radius 2 is 2.24 bits per heavy atom. The minimum atomic E-state index is -0.266. The van der Waals surface area contributed by atoms with Gasteiger partial charge in [-0.2, -0.15) is 5.26 Å². The third-order valence-electron chi connectivity index (χ3n) is 3.90. The van der Waals surface area contributed by atoms with Crippen molar-refractivity contribution in [2.45, 2.75) is 25.9 Å². The van der Waals surface area contributed by atoms with Crippen LogP contribution < -0.4 is 10.6 Å². The molecule has 2 aromatic rings. The Morgan fingerprint density at radius 3 is 3.00 bits per heavy atom. The number of anilines is 2. The summed E-state index contributed by atoms with van der Waals surface area (Å²) in [4.78, 5) is 20.9. The molecule has 1 unspecified atom stereocenters. The van der Waals surface area contributed by atoms with Crippen molar-refractivity contribution in [1.82, 2.24) is 15.3 Å². The van der Waals surface area contributed by atoms with Gasteiger partial charge in [0.1, 0.15) is 11.8 Å². The molecule has 2 N–H and O–H groups in total. The van der Waals surface area contributed by atoms with E-state index in [1.807, 2.05) is 6.07 Å². The molecule has 1 atom stereocenters. The summed E-state index contributed by atoms with van der Waals surface area (Å²) in [5, 5.41) is 15.0. The lowest BCUT2D eigenvalue weighted by atomic mass is 10.2. The van der Waals surface area contributed by atoms with Crippen molar-refractivity contribution in [2.24, 2.45) is 0 Å². The molecule has 0 radical (unpaired) electrons. The van der Waals surface area contributed by atoms with Crippen molar-refractivity contribution in [1.29, 1.82) is 5.26 Å². The number of nitrogens with zero attached hydrogens (tertiary/aromatic N) is 3. The molecular formula is C18H19N5O2. The Hall–Kier alpha value is -2.98. The van der Waals surface area contributed by atoms with Gasteiger partial charge in [-0.15, -0.1) is 0 Å². The van der Waals surface area contributed by atoms with Crippen molar-refractivity contribution < 1.29 is 9.53 Å². The van der Waals surface area contributed by atoms with E-state index >= 15 is 0 Å². The highest BCUT2D eigenvalue weighted by atomic mass is 16.5. The van der Waals surface area contributed by atoms with Gasteiger partial charge in [-0.05, 0) is 38.0 Å². The molecule has 7 heteroatoms. The number of rotatable bonds is 5. The summed E-state index contributed by atoms with van der Waals surface area (Å²) >= 11 is 0. The number of para-hydroxylation sites is 1. The molecule has 25 heavy (non-hydrogen) atoms. The number of ether oxygens (including phenoxy) is 1. The maximum absolute atomic E-state index is 12.3. The van der Waals surface area contributed by atoms with Crippen LogP contribution in [-0.2, 0) is 4.74 Å². The van der Waals surface area contributed by atoms with Crippen LogP contribution in [0, 0.1) is 18.3 Å². The fraction of sp³-hybridized carbons (Fsp3) is 0.333. The molecule has 0 spiro atoms. The van der Waals surface area contributed by atoms with Gasteiger partial charge in [-0.25, -0.2) is 9.97 Å². The van der Waals surface area contributed by atoms with Crippen molar-refractivity contribution >= 4 is 17.5 Å². The number of amides is 1. The highest BCUT2D eigenvalue weighted by molar-refractivity contribution is 5.92. The van der Waals surface area contributed by atoms with E-state index in [1.54, 1.807) is 31.2 Å². The third-order valence-corrected chi connectivity index (χ3v) is 3.90. The summed E-state index contributed by atoms with van der Waals surface area (Å²) in [5.41, 5.74) is 2.02. The second-order valence-corrected chi connectivity index (χ2v) is 5.85. The number of carbonyl (C=O) groups is 1. The van der Waals surface area contributed by atoms with E-state index in [1.165, 1.54) is 0 Å². The van der Waals surface area contributed by atoms with E-state index in [9.17, 15) is 4.79 Å². The molecule has 0 saturated carbocycles. The molecular weight excluding hydrogens is 318 g/mol. The fourth-order valence-corrected chi connectivity index (χ4v) is 2.65. The molecule has 1 aromatic carbocycles. The molecule has 1 aliphatic rings. The fourth-order valence-electron chi connectivity index (χ4n) is 2.65. The minimum Gasteiger partial charge on any atom is -0.376 e. The van der Waals surface area contributed by atoms with Crippen LogP contribution in [0.1, 0.15) is 34.6 Å². The summed E-state index contributed by atoms with van der Waals surface area (Å²) < 4.78 is 5.50. The first-order chi connectivity index (χ1) is 12.2. The van der Waals surface area contributed by atoms with Gasteiger partial charge in [0, 0.05) is 18.8 Å². The van der Waals surface area contributed by atoms with Crippen LogP contribution >= 0.6 is 0 Å². The number of benzene rings is 1. The van der Waals surface area contributed by atoms with E-state index in [4.69, 9.17) is 10.00 Å². The highest BCUT2D eigenvalue weighted by Crippen LogP contribution is 2.18. The van der Waals surface area contributed by atoms with Gasteiger partial charge in [0.15, 0.2) is 0 Å². The zero-order chi connectivity index (χ0) is 17.6. The number of aryl methyl sites for hydroxylation is 1. The molecule has 1 aliphatic heterocycles. The lowest BCUT2D eigenvalue weighted by molar-refractivity contribution is 0.0853. The second-order valence-electron chi connectivity index (χ2n) is 5.85. The van der Waals surface area contributed by atoms with Crippen LogP contribution in [0.25, 0.3) is 0 Å². The molecule has 1 amide bonds. The van der Waals surface area contributed by atoms with E-state index in [-0.39, 0.29) is 23.7 Å². The number of carbonyl (C=O) groups excluding carboxylic acids is 1. The summed E-state index contributed by atoms with van der Waals surface area (Å²) in [7, 11) is 0. The first kappa shape index (κ1) is 16.9. The van der Waals surface area contributed by atoms with Gasteiger partial charge in [-0.1, -0.05) is 12.1 Å². The number of hydrogen-bond acceptors (Lipinski definition) is 6. The van der Waals surface area contributed by atoms with Crippen molar-refractivity contribution in [3.05, 3.63) is 47.3 Å². The topological polar surface area (TPSA) is 99.9 Å². The van der Waals surface area contributed by atoms with E-state index in [2.05, 4.69) is 26.7 Å². The lowest BCUT2D eigenvalue weighted by Gasteiger charge is -2.12. The second kappa shape index (κ2) is 7.73. The standard InChI is InChI=1S/C18H19N5O2/c1-12-9-16(17(24)20-11-14-6-4-8-25-14)23-18(21-12)22-15-7-3-2-5-13(15)10-19/h2-3,5,7,9,14H,4,6,8,11H2,1H3,(H,20,24)(H,21,22,23). The van der Waals surface area contributed by atoms with E-state index < -0.39 is 0 Å². The van der Waals surface area contributed by atoms with E-state index in [0.29, 0.717) is 23.5 Å². The van der Waals surface area contributed by atoms with Gasteiger partial charge in [0.2, 0.25) is 5.95 Å². The van der Waals surface area contributed by atoms with Crippen molar-refractivity contribution in [3.8, 4) is 6.07 Å². The number of nitrogens with one attached hydrogen (secondary N) is 2. The summed E-state index contributed by atoms with van der Waals surface area (Å²) in [6.45, 7) is 3.02. The Balaban J connectivity index is 1.73. The lowest BCUT2D eigenvalue weighted by Crippen LogP contribution is -2.32. The molecule has 1 aromatic heterocycles. The average Bonchev–Trinajstić information content (AvgIpc) is 3.13. The molecule has 2 heterocycles. The normalized spacial score (nSPS) is 16.2. The smallest absolute Gasteiger partial charge is 0.270 e. The molecule has 1 fully saturated rings. The third kappa shape index (κ3) is 4.31.